The molecule has 0 saturated carbocycles. The first-order chi connectivity index (χ1) is 12.5. The van der Waals surface area contributed by atoms with Gasteiger partial charge >= 0.3 is 0 Å². The predicted molar refractivity (Wildman–Crippen MR) is 94.6 cm³/mol. The molecule has 0 radical (unpaired) electrons. The first-order valence-electron chi connectivity index (χ1n) is 8.16. The third kappa shape index (κ3) is 3.46. The number of hydrogen-bond acceptors (Lipinski definition) is 6. The van der Waals surface area contributed by atoms with E-state index >= 15 is 0 Å². The molecule has 2 aromatic rings. The molecule has 9 heteroatoms. The van der Waals surface area contributed by atoms with Crippen LogP contribution in [0.15, 0.2) is 45.9 Å². The van der Waals surface area contributed by atoms with Crippen LogP contribution in [0.25, 0.3) is 0 Å². The Morgan fingerprint density at radius 1 is 1.31 bits per heavy atom. The fourth-order valence-electron chi connectivity index (χ4n) is 2.99. The van der Waals surface area contributed by atoms with Crippen LogP contribution in [0.1, 0.15) is 22.2 Å². The van der Waals surface area contributed by atoms with Crippen LogP contribution in [-0.4, -0.2) is 53.0 Å². The van der Waals surface area contributed by atoms with Gasteiger partial charge in [-0.3, -0.25) is 4.79 Å². The largest absolute Gasteiger partial charge is 0.496 e. The monoisotopic (exact) mass is 379 g/mol. The van der Waals surface area contributed by atoms with Crippen LogP contribution >= 0.6 is 0 Å². The maximum absolute atomic E-state index is 13.0. The molecule has 2 N–H and O–H groups in total. The number of rotatable bonds is 5. The molecule has 0 bridgehead atoms. The summed E-state index contributed by atoms with van der Waals surface area (Å²) in [5.41, 5.74) is 0.880. The topological polar surface area (TPSA) is 101 Å². The lowest BCUT2D eigenvalue weighted by Gasteiger charge is -2.36. The van der Waals surface area contributed by atoms with Crippen molar-refractivity contribution in [2.45, 2.75) is 11.1 Å². The van der Waals surface area contributed by atoms with Gasteiger partial charge in [0.15, 0.2) is 5.76 Å². The van der Waals surface area contributed by atoms with Gasteiger partial charge in [-0.2, -0.15) is 0 Å². The lowest BCUT2D eigenvalue weighted by Crippen LogP contribution is -2.48. The zero-order valence-corrected chi connectivity index (χ0v) is 15.4. The normalized spacial score (nSPS) is 17.9. The number of ether oxygens (including phenoxy) is 1. The Labute approximate surface area is 152 Å². The summed E-state index contributed by atoms with van der Waals surface area (Å²) in [5.74, 6) is 0.317. The summed E-state index contributed by atoms with van der Waals surface area (Å²) >= 11 is 0. The van der Waals surface area contributed by atoms with E-state index in [1.54, 1.807) is 12.0 Å². The number of piperazine rings is 1. The minimum atomic E-state index is -3.74. The Bertz CT molecular complexity index is 893. The van der Waals surface area contributed by atoms with E-state index in [9.17, 15) is 13.2 Å². The van der Waals surface area contributed by atoms with Gasteiger partial charge in [0, 0.05) is 25.2 Å². The molecule has 1 saturated heterocycles. The van der Waals surface area contributed by atoms with E-state index in [1.807, 2.05) is 24.3 Å². The fourth-order valence-corrected chi connectivity index (χ4v) is 3.64. The van der Waals surface area contributed by atoms with Crippen LogP contribution in [0.5, 0.6) is 5.75 Å². The van der Waals surface area contributed by atoms with Gasteiger partial charge in [0.1, 0.15) is 5.75 Å². The maximum atomic E-state index is 13.0. The van der Waals surface area contributed by atoms with Crippen LogP contribution in [0.2, 0.25) is 0 Å². The number of carbonyl (C=O) groups is 1. The van der Waals surface area contributed by atoms with Crippen LogP contribution in [-0.2, 0) is 10.0 Å². The first kappa shape index (κ1) is 18.4. The highest BCUT2D eigenvalue weighted by Crippen LogP contribution is 2.31. The first-order valence-corrected chi connectivity index (χ1v) is 9.64. The third-order valence-corrected chi connectivity index (χ3v) is 5.61. The maximum Gasteiger partial charge on any atom is 0.290 e. The summed E-state index contributed by atoms with van der Waals surface area (Å²) < 4.78 is 36.5. The molecule has 8 nitrogen and oxygen atoms in total. The van der Waals surface area contributed by atoms with Crippen molar-refractivity contribution >= 4 is 15.9 Å². The number of para-hydroxylation sites is 1. The number of benzene rings is 1. The van der Waals surface area contributed by atoms with E-state index in [1.165, 1.54) is 19.2 Å². The molecule has 140 valence electrons. The lowest BCUT2D eigenvalue weighted by atomic mass is 10.0. The molecule has 0 aliphatic carbocycles. The van der Waals surface area contributed by atoms with Crippen molar-refractivity contribution in [2.24, 2.45) is 0 Å². The number of sulfonamides is 1. The molecule has 1 atom stereocenters. The van der Waals surface area contributed by atoms with E-state index in [0.717, 1.165) is 5.56 Å². The molecule has 1 unspecified atom stereocenters. The number of nitrogens with zero attached hydrogens (tertiary/aromatic N) is 1. The van der Waals surface area contributed by atoms with E-state index in [-0.39, 0.29) is 22.8 Å². The van der Waals surface area contributed by atoms with Crippen LogP contribution in [0.4, 0.5) is 0 Å². The van der Waals surface area contributed by atoms with E-state index in [4.69, 9.17) is 9.15 Å². The van der Waals surface area contributed by atoms with Gasteiger partial charge in [0.05, 0.1) is 13.2 Å². The van der Waals surface area contributed by atoms with Crippen molar-refractivity contribution < 1.29 is 22.4 Å². The van der Waals surface area contributed by atoms with Crippen molar-refractivity contribution in [3.63, 3.8) is 0 Å². The Morgan fingerprint density at radius 2 is 2.08 bits per heavy atom. The Kier molecular flexibility index (Phi) is 5.30. The second kappa shape index (κ2) is 7.48. The van der Waals surface area contributed by atoms with Crippen LogP contribution < -0.4 is 14.8 Å². The van der Waals surface area contributed by atoms with Crippen molar-refractivity contribution in [3.05, 3.63) is 47.7 Å². The average Bonchev–Trinajstić information content (AvgIpc) is 3.18. The minimum Gasteiger partial charge on any atom is -0.496 e. The zero-order valence-electron chi connectivity index (χ0n) is 14.6. The summed E-state index contributed by atoms with van der Waals surface area (Å²) in [5, 5.41) is 2.99. The van der Waals surface area contributed by atoms with E-state index in [0.29, 0.717) is 25.4 Å². The molecule has 1 aromatic carbocycles. The summed E-state index contributed by atoms with van der Waals surface area (Å²) in [6.45, 7) is 1.67. The van der Waals surface area contributed by atoms with Crippen molar-refractivity contribution in [3.8, 4) is 5.75 Å². The highest BCUT2D eigenvalue weighted by Gasteiger charge is 2.32. The fraction of sp³-hybridized carbons (Fsp3) is 0.353. The van der Waals surface area contributed by atoms with Gasteiger partial charge in [-0.1, -0.05) is 18.2 Å². The number of carbonyl (C=O) groups excluding carboxylic acids is 1. The van der Waals surface area contributed by atoms with Crippen molar-refractivity contribution in [1.29, 1.82) is 0 Å². The summed E-state index contributed by atoms with van der Waals surface area (Å²) in [6.07, 6.45) is 0. The second-order valence-electron chi connectivity index (χ2n) is 5.79. The van der Waals surface area contributed by atoms with Gasteiger partial charge in [0.25, 0.3) is 15.9 Å². The number of nitrogens with one attached hydrogen (secondary N) is 2. The molecule has 2 heterocycles. The smallest absolute Gasteiger partial charge is 0.290 e. The molecule has 1 fully saturated rings. The molecule has 3 rings (SSSR count). The summed E-state index contributed by atoms with van der Waals surface area (Å²) in [7, 11) is -0.867. The predicted octanol–water partition coefficient (Wildman–Crippen LogP) is 0.983. The summed E-state index contributed by atoms with van der Waals surface area (Å²) in [6, 6.07) is 9.92. The van der Waals surface area contributed by atoms with Crippen LogP contribution in [0.3, 0.4) is 0 Å². The molecule has 1 aliphatic heterocycles. The molecular weight excluding hydrogens is 358 g/mol. The average molecular weight is 379 g/mol. The standard InChI is InChI=1S/C17H21N3O5S/c1-18-26(22,23)16-8-7-15(25-16)17(21)20-10-9-19-11-13(20)12-5-3-4-6-14(12)24-2/h3-8,13,18-19H,9-11H2,1-2H3. The van der Waals surface area contributed by atoms with Crippen LogP contribution in [0, 0.1) is 0 Å². The van der Waals surface area contributed by atoms with Crippen molar-refractivity contribution in [1.82, 2.24) is 14.9 Å². The Balaban J connectivity index is 1.92. The molecular formula is C17H21N3O5S. The Hall–Kier alpha value is -2.36. The van der Waals surface area contributed by atoms with E-state index < -0.39 is 10.0 Å². The molecule has 26 heavy (non-hydrogen) atoms. The summed E-state index contributed by atoms with van der Waals surface area (Å²) in [4.78, 5) is 14.6. The number of methoxy groups -OCH3 is 1. The number of furan rings is 1. The minimum absolute atomic E-state index is 0.0133. The highest BCUT2D eigenvalue weighted by molar-refractivity contribution is 7.89. The third-order valence-electron chi connectivity index (χ3n) is 4.33. The van der Waals surface area contributed by atoms with Gasteiger partial charge in [-0.25, -0.2) is 13.1 Å². The molecule has 1 aromatic heterocycles. The highest BCUT2D eigenvalue weighted by atomic mass is 32.2. The lowest BCUT2D eigenvalue weighted by molar-refractivity contribution is 0.0593. The number of hydrogen-bond donors (Lipinski definition) is 2. The van der Waals surface area contributed by atoms with Gasteiger partial charge in [-0.05, 0) is 25.2 Å². The van der Waals surface area contributed by atoms with Crippen molar-refractivity contribution in [2.75, 3.05) is 33.8 Å². The van der Waals surface area contributed by atoms with Gasteiger partial charge in [0.2, 0.25) is 5.09 Å². The molecule has 1 amide bonds. The quantitative estimate of drug-likeness (QED) is 0.803. The van der Waals surface area contributed by atoms with Gasteiger partial charge < -0.3 is 19.4 Å². The number of amides is 1. The zero-order chi connectivity index (χ0) is 18.7. The molecule has 0 spiro atoms. The second-order valence-corrected chi connectivity index (χ2v) is 7.60. The van der Waals surface area contributed by atoms with E-state index in [2.05, 4.69) is 10.0 Å². The SMILES string of the molecule is CNS(=O)(=O)c1ccc(C(=O)N2CCNCC2c2ccccc2OC)o1. The van der Waals surface area contributed by atoms with Gasteiger partial charge in [-0.15, -0.1) is 0 Å². The Morgan fingerprint density at radius 3 is 2.81 bits per heavy atom. The molecule has 1 aliphatic rings.